The summed E-state index contributed by atoms with van der Waals surface area (Å²) in [7, 11) is 0. The second-order valence-corrected chi connectivity index (χ2v) is 6.91. The quantitative estimate of drug-likeness (QED) is 0.490. The smallest absolute Gasteiger partial charge is 0.263 e. The molecule has 6 nitrogen and oxygen atoms in total. The standard InChI is InChI=1S/C15H29N3O3S/c1-5-17(9-14-6-13(3)21-11-14)8-12(2)7-16-15(22-4)10-18(19)20/h10,12-14,16H,5-9,11H2,1-4H3. The average Bonchev–Trinajstić information content (AvgIpc) is 2.87. The maximum Gasteiger partial charge on any atom is 0.263 e. The number of nitrogens with zero attached hydrogens (tertiary/aromatic N) is 2. The summed E-state index contributed by atoms with van der Waals surface area (Å²) in [5.41, 5.74) is 0. The minimum atomic E-state index is -0.414. The molecule has 0 aliphatic carbocycles. The van der Waals surface area contributed by atoms with Gasteiger partial charge in [-0.05, 0) is 38.0 Å². The van der Waals surface area contributed by atoms with Crippen LogP contribution in [0.2, 0.25) is 0 Å². The van der Waals surface area contributed by atoms with Gasteiger partial charge in [0.15, 0.2) is 0 Å². The summed E-state index contributed by atoms with van der Waals surface area (Å²) in [6.07, 6.45) is 4.41. The van der Waals surface area contributed by atoms with Crippen molar-refractivity contribution in [3.8, 4) is 0 Å². The van der Waals surface area contributed by atoms with Crippen molar-refractivity contribution in [2.24, 2.45) is 11.8 Å². The van der Waals surface area contributed by atoms with E-state index < -0.39 is 4.92 Å². The number of ether oxygens (including phenoxy) is 1. The second kappa shape index (κ2) is 10.1. The van der Waals surface area contributed by atoms with Gasteiger partial charge in [-0.15, -0.1) is 11.8 Å². The van der Waals surface area contributed by atoms with Gasteiger partial charge in [-0.2, -0.15) is 0 Å². The van der Waals surface area contributed by atoms with Crippen molar-refractivity contribution in [3.05, 3.63) is 21.3 Å². The molecule has 1 heterocycles. The number of rotatable bonds is 10. The Morgan fingerprint density at radius 3 is 2.86 bits per heavy atom. The Hall–Kier alpha value is -0.790. The molecule has 1 aliphatic rings. The highest BCUT2D eigenvalue weighted by Crippen LogP contribution is 2.20. The van der Waals surface area contributed by atoms with Crippen LogP contribution in [0.25, 0.3) is 0 Å². The predicted octanol–water partition coefficient (Wildman–Crippen LogP) is 2.40. The predicted molar refractivity (Wildman–Crippen MR) is 91.4 cm³/mol. The summed E-state index contributed by atoms with van der Waals surface area (Å²) in [5, 5.41) is 14.3. The molecule has 0 amide bonds. The van der Waals surface area contributed by atoms with Crippen LogP contribution in [0, 0.1) is 22.0 Å². The number of nitro groups is 1. The third-order valence-corrected chi connectivity index (χ3v) is 4.57. The van der Waals surface area contributed by atoms with Crippen molar-refractivity contribution >= 4 is 11.8 Å². The zero-order chi connectivity index (χ0) is 16.5. The van der Waals surface area contributed by atoms with Gasteiger partial charge in [-0.1, -0.05) is 13.8 Å². The monoisotopic (exact) mass is 331 g/mol. The first-order valence-electron chi connectivity index (χ1n) is 7.91. The lowest BCUT2D eigenvalue weighted by Crippen LogP contribution is -2.36. The Morgan fingerprint density at radius 2 is 2.36 bits per heavy atom. The van der Waals surface area contributed by atoms with Crippen molar-refractivity contribution in [3.63, 3.8) is 0 Å². The molecule has 0 bridgehead atoms. The summed E-state index contributed by atoms with van der Waals surface area (Å²) in [4.78, 5) is 12.6. The minimum Gasteiger partial charge on any atom is -0.378 e. The van der Waals surface area contributed by atoms with E-state index in [2.05, 4.69) is 31.0 Å². The first-order valence-corrected chi connectivity index (χ1v) is 9.14. The van der Waals surface area contributed by atoms with E-state index in [0.29, 0.717) is 23.0 Å². The fraction of sp³-hybridized carbons (Fsp3) is 0.867. The van der Waals surface area contributed by atoms with E-state index in [1.165, 1.54) is 11.8 Å². The van der Waals surface area contributed by atoms with Crippen molar-refractivity contribution in [1.29, 1.82) is 0 Å². The molecule has 0 spiro atoms. The summed E-state index contributed by atoms with van der Waals surface area (Å²) >= 11 is 1.37. The number of nitrogens with one attached hydrogen (secondary N) is 1. The van der Waals surface area contributed by atoms with E-state index in [9.17, 15) is 10.1 Å². The van der Waals surface area contributed by atoms with Gasteiger partial charge in [0.1, 0.15) is 5.03 Å². The van der Waals surface area contributed by atoms with Crippen LogP contribution >= 0.6 is 11.8 Å². The average molecular weight is 331 g/mol. The Balaban J connectivity index is 2.34. The number of hydrogen-bond donors (Lipinski definition) is 1. The van der Waals surface area contributed by atoms with Gasteiger partial charge in [0.25, 0.3) is 6.20 Å². The van der Waals surface area contributed by atoms with Gasteiger partial charge >= 0.3 is 0 Å². The highest BCUT2D eigenvalue weighted by atomic mass is 32.2. The molecule has 1 aliphatic heterocycles. The van der Waals surface area contributed by atoms with E-state index in [4.69, 9.17) is 4.74 Å². The normalized spacial score (nSPS) is 23.8. The Kier molecular flexibility index (Phi) is 8.82. The number of hydrogen-bond acceptors (Lipinski definition) is 6. The SMILES string of the molecule is CCN(CC(C)CNC(=C[N+](=O)[O-])SC)CC1COC(C)C1. The van der Waals surface area contributed by atoms with Crippen molar-refractivity contribution in [2.75, 3.05) is 39.0 Å². The zero-order valence-corrected chi connectivity index (χ0v) is 14.9. The maximum absolute atomic E-state index is 10.5. The van der Waals surface area contributed by atoms with Crippen LogP contribution < -0.4 is 5.32 Å². The van der Waals surface area contributed by atoms with E-state index in [-0.39, 0.29) is 0 Å². The highest BCUT2D eigenvalue weighted by Gasteiger charge is 2.24. The topological polar surface area (TPSA) is 67.6 Å². The fourth-order valence-corrected chi connectivity index (χ4v) is 3.20. The molecule has 3 atom stereocenters. The van der Waals surface area contributed by atoms with Gasteiger partial charge in [-0.25, -0.2) is 0 Å². The molecule has 0 radical (unpaired) electrons. The molecule has 0 aromatic heterocycles. The van der Waals surface area contributed by atoms with Gasteiger partial charge in [0.2, 0.25) is 0 Å². The first kappa shape index (κ1) is 19.3. The second-order valence-electron chi connectivity index (χ2n) is 6.07. The third kappa shape index (κ3) is 7.47. The van der Waals surface area contributed by atoms with Gasteiger partial charge < -0.3 is 15.0 Å². The zero-order valence-electron chi connectivity index (χ0n) is 14.1. The fourth-order valence-electron chi connectivity index (χ4n) is 2.78. The molecule has 1 N–H and O–H groups in total. The molecule has 0 aromatic rings. The minimum absolute atomic E-state index is 0.388. The Bertz CT molecular complexity index is 379. The molecule has 0 aromatic carbocycles. The summed E-state index contributed by atoms with van der Waals surface area (Å²) in [6.45, 7) is 11.2. The van der Waals surface area contributed by atoms with Crippen LogP contribution in [-0.2, 0) is 4.74 Å². The lowest BCUT2D eigenvalue weighted by atomic mass is 10.0. The van der Waals surface area contributed by atoms with E-state index in [1.807, 2.05) is 6.26 Å². The van der Waals surface area contributed by atoms with Crippen molar-refractivity contribution < 1.29 is 9.66 Å². The van der Waals surface area contributed by atoms with Crippen LogP contribution in [0.4, 0.5) is 0 Å². The molecule has 3 unspecified atom stereocenters. The summed E-state index contributed by atoms with van der Waals surface area (Å²) in [6, 6.07) is 0. The number of thioether (sulfide) groups is 1. The van der Waals surface area contributed by atoms with Crippen LogP contribution in [0.1, 0.15) is 27.2 Å². The van der Waals surface area contributed by atoms with Crippen LogP contribution in [-0.4, -0.2) is 55.0 Å². The van der Waals surface area contributed by atoms with E-state index >= 15 is 0 Å². The molecule has 1 saturated heterocycles. The molecular formula is C15H29N3O3S. The van der Waals surface area contributed by atoms with Crippen LogP contribution in [0.15, 0.2) is 11.2 Å². The Labute approximate surface area is 137 Å². The molecule has 1 fully saturated rings. The van der Waals surface area contributed by atoms with Crippen molar-refractivity contribution in [2.45, 2.75) is 33.3 Å². The molecular weight excluding hydrogens is 302 g/mol. The lowest BCUT2D eigenvalue weighted by molar-refractivity contribution is -0.403. The molecule has 128 valence electrons. The largest absolute Gasteiger partial charge is 0.378 e. The summed E-state index contributed by atoms with van der Waals surface area (Å²) in [5.74, 6) is 1.06. The molecule has 7 heteroatoms. The first-order chi connectivity index (χ1) is 10.4. The Morgan fingerprint density at radius 1 is 1.64 bits per heavy atom. The summed E-state index contributed by atoms with van der Waals surface area (Å²) < 4.78 is 5.63. The molecule has 22 heavy (non-hydrogen) atoms. The van der Waals surface area contributed by atoms with Crippen LogP contribution in [0.5, 0.6) is 0 Å². The van der Waals surface area contributed by atoms with E-state index in [0.717, 1.165) is 45.4 Å². The van der Waals surface area contributed by atoms with Gasteiger partial charge in [0.05, 0.1) is 17.6 Å². The maximum atomic E-state index is 10.5. The van der Waals surface area contributed by atoms with Crippen molar-refractivity contribution in [1.82, 2.24) is 10.2 Å². The van der Waals surface area contributed by atoms with E-state index in [1.54, 1.807) is 0 Å². The van der Waals surface area contributed by atoms with Gasteiger partial charge in [-0.3, -0.25) is 10.1 Å². The molecule has 0 saturated carbocycles. The lowest BCUT2D eigenvalue weighted by Gasteiger charge is -2.27. The highest BCUT2D eigenvalue weighted by molar-refractivity contribution is 8.02. The molecule has 1 rings (SSSR count). The third-order valence-electron chi connectivity index (χ3n) is 3.88. The van der Waals surface area contributed by atoms with Gasteiger partial charge in [0, 0.05) is 19.6 Å². The van der Waals surface area contributed by atoms with Crippen LogP contribution in [0.3, 0.4) is 0 Å².